The Morgan fingerprint density at radius 3 is 2.46 bits per heavy atom. The van der Waals surface area contributed by atoms with Gasteiger partial charge in [0, 0.05) is 6.42 Å². The van der Waals surface area contributed by atoms with Gasteiger partial charge >= 0.3 is 6.01 Å². The van der Waals surface area contributed by atoms with Crippen LogP contribution in [0.15, 0.2) is 24.3 Å². The number of halogens is 1. The van der Waals surface area contributed by atoms with Crippen molar-refractivity contribution >= 4 is 5.91 Å². The predicted molar refractivity (Wildman–Crippen MR) is 99.7 cm³/mol. The number of benzene rings is 1. The molecule has 1 atom stereocenters. The van der Waals surface area contributed by atoms with Crippen LogP contribution in [0.5, 0.6) is 6.01 Å². The Morgan fingerprint density at radius 2 is 1.88 bits per heavy atom. The Morgan fingerprint density at radius 1 is 1.23 bits per heavy atom. The van der Waals surface area contributed by atoms with Gasteiger partial charge in [0.05, 0.1) is 11.7 Å². The molecule has 5 nitrogen and oxygen atoms in total. The largest absolute Gasteiger partial charge is 0.460 e. The first-order valence-corrected chi connectivity index (χ1v) is 8.98. The van der Waals surface area contributed by atoms with Crippen LogP contribution in [0, 0.1) is 17.2 Å². The van der Waals surface area contributed by atoms with E-state index in [4.69, 9.17) is 4.74 Å². The maximum Gasteiger partial charge on any atom is 0.336 e. The highest BCUT2D eigenvalue weighted by Crippen LogP contribution is 2.28. The Kier molecular flexibility index (Phi) is 6.16. The van der Waals surface area contributed by atoms with Crippen molar-refractivity contribution in [3.63, 3.8) is 0 Å². The lowest BCUT2D eigenvalue weighted by Gasteiger charge is -2.22. The fraction of sp³-hybridized carbons (Fsp3) is 0.550. The van der Waals surface area contributed by atoms with Crippen LogP contribution >= 0.6 is 0 Å². The zero-order chi connectivity index (χ0) is 19.5. The van der Waals surface area contributed by atoms with Crippen molar-refractivity contribution in [1.29, 1.82) is 0 Å². The summed E-state index contributed by atoms with van der Waals surface area (Å²) in [4.78, 5) is 17.1. The average Bonchev–Trinajstić information content (AvgIpc) is 2.88. The molecule has 26 heavy (non-hydrogen) atoms. The van der Waals surface area contributed by atoms with E-state index < -0.39 is 5.82 Å². The second kappa shape index (κ2) is 7.98. The quantitative estimate of drug-likeness (QED) is 0.728. The minimum absolute atomic E-state index is 0.0788. The molecule has 0 aliphatic heterocycles. The first-order chi connectivity index (χ1) is 12.1. The van der Waals surface area contributed by atoms with E-state index in [0.717, 1.165) is 6.42 Å². The molecule has 0 aliphatic rings. The van der Waals surface area contributed by atoms with Gasteiger partial charge in [0.1, 0.15) is 5.82 Å². The van der Waals surface area contributed by atoms with Crippen molar-refractivity contribution in [2.75, 3.05) is 0 Å². The van der Waals surface area contributed by atoms with Crippen LogP contribution in [-0.4, -0.2) is 26.8 Å². The zero-order valence-electron chi connectivity index (χ0n) is 16.4. The SMILES string of the molecule is CC(CC(=O)n1nc(OC(C)C)nc1-c1ccccc1F)CC(C)(C)C. The molecule has 1 heterocycles. The van der Waals surface area contributed by atoms with Gasteiger partial charge in [-0.15, -0.1) is 5.10 Å². The van der Waals surface area contributed by atoms with E-state index in [1.807, 2.05) is 20.8 Å². The number of aromatic nitrogens is 3. The van der Waals surface area contributed by atoms with Gasteiger partial charge in [-0.25, -0.2) is 4.39 Å². The van der Waals surface area contributed by atoms with Crippen LogP contribution in [0.3, 0.4) is 0 Å². The lowest BCUT2D eigenvalue weighted by atomic mass is 9.84. The molecule has 0 N–H and O–H groups in total. The Hall–Kier alpha value is -2.24. The Bertz CT molecular complexity index is 763. The van der Waals surface area contributed by atoms with Crippen LogP contribution in [-0.2, 0) is 0 Å². The highest BCUT2D eigenvalue weighted by Gasteiger charge is 2.24. The lowest BCUT2D eigenvalue weighted by molar-refractivity contribution is 0.0854. The van der Waals surface area contributed by atoms with Gasteiger partial charge in [-0.3, -0.25) is 4.79 Å². The smallest absolute Gasteiger partial charge is 0.336 e. The van der Waals surface area contributed by atoms with E-state index in [1.165, 1.54) is 10.7 Å². The van der Waals surface area contributed by atoms with Gasteiger partial charge in [0.15, 0.2) is 5.82 Å². The molecule has 1 aromatic carbocycles. The van der Waals surface area contributed by atoms with E-state index in [2.05, 4.69) is 30.9 Å². The molecule has 142 valence electrons. The number of ether oxygens (including phenoxy) is 1. The Labute approximate surface area is 154 Å². The van der Waals surface area contributed by atoms with Crippen molar-refractivity contribution in [3.05, 3.63) is 30.1 Å². The number of rotatable bonds is 6. The number of carbonyl (C=O) groups excluding carboxylic acids is 1. The molecule has 1 unspecified atom stereocenters. The van der Waals surface area contributed by atoms with E-state index in [9.17, 15) is 9.18 Å². The molecular weight excluding hydrogens is 333 g/mol. The molecule has 0 fully saturated rings. The Balaban J connectivity index is 2.35. The van der Waals surface area contributed by atoms with E-state index >= 15 is 0 Å². The molecule has 0 radical (unpaired) electrons. The average molecular weight is 361 g/mol. The van der Waals surface area contributed by atoms with Crippen molar-refractivity contribution in [1.82, 2.24) is 14.8 Å². The van der Waals surface area contributed by atoms with E-state index in [-0.39, 0.29) is 40.7 Å². The molecular formula is C20H28FN3O2. The highest BCUT2D eigenvalue weighted by molar-refractivity contribution is 5.82. The molecule has 0 spiro atoms. The van der Waals surface area contributed by atoms with Crippen molar-refractivity contribution in [2.45, 2.75) is 60.5 Å². The summed E-state index contributed by atoms with van der Waals surface area (Å²) in [5, 5.41) is 4.18. The summed E-state index contributed by atoms with van der Waals surface area (Å²) in [5.41, 5.74) is 0.359. The summed E-state index contributed by atoms with van der Waals surface area (Å²) in [5.74, 6) is -0.319. The molecule has 2 aromatic rings. The third-order valence-electron chi connectivity index (χ3n) is 3.76. The minimum Gasteiger partial charge on any atom is -0.460 e. The van der Waals surface area contributed by atoms with Crippen molar-refractivity contribution in [3.8, 4) is 17.4 Å². The zero-order valence-corrected chi connectivity index (χ0v) is 16.4. The summed E-state index contributed by atoms with van der Waals surface area (Å²) in [6.07, 6.45) is 1.07. The number of carbonyl (C=O) groups is 1. The second-order valence-electron chi connectivity index (χ2n) is 8.24. The molecule has 6 heteroatoms. The second-order valence-corrected chi connectivity index (χ2v) is 8.24. The van der Waals surface area contributed by atoms with Crippen LogP contribution in [0.1, 0.15) is 59.2 Å². The number of nitrogens with zero attached hydrogens (tertiary/aromatic N) is 3. The van der Waals surface area contributed by atoms with Crippen LogP contribution in [0.4, 0.5) is 4.39 Å². The fourth-order valence-electron chi connectivity index (χ4n) is 3.05. The number of hydrogen-bond acceptors (Lipinski definition) is 4. The molecule has 0 saturated carbocycles. The molecule has 0 amide bonds. The normalized spacial score (nSPS) is 13.1. The van der Waals surface area contributed by atoms with Crippen molar-refractivity contribution < 1.29 is 13.9 Å². The van der Waals surface area contributed by atoms with Gasteiger partial charge in [-0.05, 0) is 43.7 Å². The molecule has 2 rings (SSSR count). The maximum absolute atomic E-state index is 14.2. The molecule has 0 saturated heterocycles. The first-order valence-electron chi connectivity index (χ1n) is 8.98. The summed E-state index contributed by atoms with van der Waals surface area (Å²) in [7, 11) is 0. The summed E-state index contributed by atoms with van der Waals surface area (Å²) in [6, 6.07) is 6.30. The standard InChI is InChI=1S/C20H28FN3O2/c1-13(2)26-19-22-18(15-9-7-8-10-16(15)21)24(23-19)17(25)11-14(3)12-20(4,5)6/h7-10,13-14H,11-12H2,1-6H3. The number of hydrogen-bond donors (Lipinski definition) is 0. The van der Waals surface area contributed by atoms with Crippen LogP contribution in [0.2, 0.25) is 0 Å². The predicted octanol–water partition coefficient (Wildman–Crippen LogP) is 4.97. The highest BCUT2D eigenvalue weighted by atomic mass is 19.1. The van der Waals surface area contributed by atoms with Gasteiger partial charge in [-0.1, -0.05) is 39.8 Å². The topological polar surface area (TPSA) is 57.0 Å². The molecule has 1 aromatic heterocycles. The third-order valence-corrected chi connectivity index (χ3v) is 3.76. The van der Waals surface area contributed by atoms with Gasteiger partial charge in [-0.2, -0.15) is 9.67 Å². The van der Waals surface area contributed by atoms with Gasteiger partial charge in [0.25, 0.3) is 0 Å². The molecule has 0 bridgehead atoms. The third kappa shape index (κ3) is 5.38. The summed E-state index contributed by atoms with van der Waals surface area (Å²) in [6.45, 7) is 12.1. The maximum atomic E-state index is 14.2. The van der Waals surface area contributed by atoms with E-state index in [0.29, 0.717) is 6.42 Å². The van der Waals surface area contributed by atoms with Gasteiger partial charge in [0.2, 0.25) is 5.91 Å². The van der Waals surface area contributed by atoms with Crippen LogP contribution in [0.25, 0.3) is 11.4 Å². The summed E-state index contributed by atoms with van der Waals surface area (Å²) >= 11 is 0. The van der Waals surface area contributed by atoms with Gasteiger partial charge < -0.3 is 4.74 Å². The monoisotopic (exact) mass is 361 g/mol. The molecule has 0 aliphatic carbocycles. The van der Waals surface area contributed by atoms with E-state index in [1.54, 1.807) is 18.2 Å². The fourth-order valence-corrected chi connectivity index (χ4v) is 3.05. The lowest BCUT2D eigenvalue weighted by Crippen LogP contribution is -2.20. The van der Waals surface area contributed by atoms with Crippen molar-refractivity contribution in [2.24, 2.45) is 11.3 Å². The summed E-state index contributed by atoms with van der Waals surface area (Å²) < 4.78 is 20.9. The first kappa shape index (κ1) is 20.1. The minimum atomic E-state index is -0.451. The van der Waals surface area contributed by atoms with Crippen LogP contribution < -0.4 is 4.74 Å².